The van der Waals surface area contributed by atoms with E-state index >= 15 is 0 Å². The number of para-hydroxylation sites is 1. The number of hydrogen-bond acceptors (Lipinski definition) is 4. The first-order chi connectivity index (χ1) is 8.90. The average molecular weight is 244 g/mol. The molecule has 2 aromatic rings. The number of nitrogens with one attached hydrogen (secondary N) is 1. The van der Waals surface area contributed by atoms with E-state index < -0.39 is 0 Å². The molecule has 0 fully saturated rings. The Bertz CT molecular complexity index is 550. The van der Waals surface area contributed by atoms with Crippen LogP contribution in [-0.2, 0) is 13.1 Å². The van der Waals surface area contributed by atoms with E-state index in [2.05, 4.69) is 20.1 Å². The van der Waals surface area contributed by atoms with Crippen LogP contribution in [0.3, 0.4) is 0 Å². The van der Waals surface area contributed by atoms with Gasteiger partial charge in [0.25, 0.3) is 0 Å². The zero-order chi connectivity index (χ0) is 12.4. The Morgan fingerprint density at radius 3 is 3.11 bits per heavy atom. The molecule has 0 atom stereocenters. The van der Waals surface area contributed by atoms with Crippen LogP contribution in [0.15, 0.2) is 24.3 Å². The maximum absolute atomic E-state index is 5.66. The van der Waals surface area contributed by atoms with E-state index in [-0.39, 0.29) is 0 Å². The number of nitrogens with zero attached hydrogens (tertiary/aromatic N) is 3. The highest BCUT2D eigenvalue weighted by Crippen LogP contribution is 2.29. The Morgan fingerprint density at radius 2 is 2.22 bits per heavy atom. The molecule has 0 spiro atoms. The highest BCUT2D eigenvalue weighted by Gasteiger charge is 2.18. The maximum atomic E-state index is 5.66. The second kappa shape index (κ2) is 4.78. The largest absolute Gasteiger partial charge is 0.493 e. The summed E-state index contributed by atoms with van der Waals surface area (Å²) in [5, 5.41) is 11.8. The molecule has 1 aliphatic rings. The van der Waals surface area contributed by atoms with Crippen LogP contribution >= 0.6 is 0 Å². The molecule has 0 saturated carbocycles. The van der Waals surface area contributed by atoms with Gasteiger partial charge in [0.1, 0.15) is 11.6 Å². The van der Waals surface area contributed by atoms with Gasteiger partial charge in [-0.2, -0.15) is 0 Å². The first-order valence-corrected chi connectivity index (χ1v) is 6.25. The van der Waals surface area contributed by atoms with Crippen LogP contribution in [0.4, 0.5) is 0 Å². The summed E-state index contributed by atoms with van der Waals surface area (Å²) in [4.78, 5) is 0. The molecule has 1 N–H and O–H groups in total. The minimum atomic E-state index is 0.652. The molecular weight excluding hydrogens is 228 g/mol. The zero-order valence-corrected chi connectivity index (χ0v) is 10.4. The lowest BCUT2D eigenvalue weighted by molar-refractivity contribution is 0.341. The summed E-state index contributed by atoms with van der Waals surface area (Å²) >= 11 is 0. The van der Waals surface area contributed by atoms with Crippen LogP contribution in [0, 0.1) is 0 Å². The summed E-state index contributed by atoms with van der Waals surface area (Å²) in [6.07, 6.45) is 0. The second-order valence-corrected chi connectivity index (χ2v) is 4.20. The zero-order valence-electron chi connectivity index (χ0n) is 10.4. The summed E-state index contributed by atoms with van der Waals surface area (Å²) < 4.78 is 7.82. The van der Waals surface area contributed by atoms with Crippen molar-refractivity contribution in [3.05, 3.63) is 30.1 Å². The lowest BCUT2D eigenvalue weighted by Crippen LogP contribution is -2.28. The van der Waals surface area contributed by atoms with Gasteiger partial charge in [-0.1, -0.05) is 12.1 Å². The molecule has 5 heteroatoms. The Balaban J connectivity index is 2.07. The Morgan fingerprint density at radius 1 is 1.33 bits per heavy atom. The third-order valence-electron chi connectivity index (χ3n) is 3.05. The van der Waals surface area contributed by atoms with Gasteiger partial charge in [-0.05, 0) is 19.1 Å². The lowest BCUT2D eigenvalue weighted by Gasteiger charge is -2.17. The van der Waals surface area contributed by atoms with Crippen molar-refractivity contribution in [3.8, 4) is 17.1 Å². The SMILES string of the molecule is CCOc1ccccc1-c1nnc2n1CCNC2. The van der Waals surface area contributed by atoms with Crippen molar-refractivity contribution in [1.82, 2.24) is 20.1 Å². The Kier molecular flexibility index (Phi) is 2.98. The van der Waals surface area contributed by atoms with Crippen LogP contribution < -0.4 is 10.1 Å². The average Bonchev–Trinajstić information content (AvgIpc) is 2.84. The van der Waals surface area contributed by atoms with E-state index in [1.807, 2.05) is 31.2 Å². The van der Waals surface area contributed by atoms with Crippen LogP contribution in [0.25, 0.3) is 11.4 Å². The van der Waals surface area contributed by atoms with Crippen molar-refractivity contribution in [1.29, 1.82) is 0 Å². The molecule has 18 heavy (non-hydrogen) atoms. The molecule has 0 bridgehead atoms. The van der Waals surface area contributed by atoms with Gasteiger partial charge in [-0.15, -0.1) is 10.2 Å². The molecule has 0 unspecified atom stereocenters. The fourth-order valence-corrected chi connectivity index (χ4v) is 2.22. The Hall–Kier alpha value is -1.88. The smallest absolute Gasteiger partial charge is 0.167 e. The summed E-state index contributed by atoms with van der Waals surface area (Å²) in [5.74, 6) is 2.76. The van der Waals surface area contributed by atoms with E-state index in [0.29, 0.717) is 6.61 Å². The lowest BCUT2D eigenvalue weighted by atomic mass is 10.2. The van der Waals surface area contributed by atoms with Crippen LogP contribution in [0.5, 0.6) is 5.75 Å². The summed E-state index contributed by atoms with van der Waals surface area (Å²) in [7, 11) is 0. The molecule has 0 saturated heterocycles. The van der Waals surface area contributed by atoms with Gasteiger partial charge in [-0.3, -0.25) is 0 Å². The number of aromatic nitrogens is 3. The van der Waals surface area contributed by atoms with Crippen molar-refractivity contribution < 1.29 is 4.74 Å². The number of hydrogen-bond donors (Lipinski definition) is 1. The molecule has 1 aromatic heterocycles. The molecule has 94 valence electrons. The predicted molar refractivity (Wildman–Crippen MR) is 68.3 cm³/mol. The van der Waals surface area contributed by atoms with E-state index in [1.54, 1.807) is 0 Å². The number of ether oxygens (including phenoxy) is 1. The number of fused-ring (bicyclic) bond motifs is 1. The minimum Gasteiger partial charge on any atom is -0.493 e. The molecule has 2 heterocycles. The summed E-state index contributed by atoms with van der Waals surface area (Å²) in [6.45, 7) is 5.27. The van der Waals surface area contributed by atoms with E-state index in [9.17, 15) is 0 Å². The molecule has 0 amide bonds. The number of benzene rings is 1. The number of rotatable bonds is 3. The van der Waals surface area contributed by atoms with Crippen molar-refractivity contribution in [2.24, 2.45) is 0 Å². The van der Waals surface area contributed by atoms with Gasteiger partial charge in [-0.25, -0.2) is 0 Å². The molecule has 0 radical (unpaired) electrons. The summed E-state index contributed by atoms with van der Waals surface area (Å²) in [6, 6.07) is 7.98. The van der Waals surface area contributed by atoms with Gasteiger partial charge >= 0.3 is 0 Å². The third-order valence-corrected chi connectivity index (χ3v) is 3.05. The summed E-state index contributed by atoms with van der Waals surface area (Å²) in [5.41, 5.74) is 1.01. The second-order valence-electron chi connectivity index (χ2n) is 4.20. The normalized spacial score (nSPS) is 14.3. The van der Waals surface area contributed by atoms with E-state index in [1.165, 1.54) is 0 Å². The molecule has 3 rings (SSSR count). The van der Waals surface area contributed by atoms with Crippen LogP contribution in [0.1, 0.15) is 12.7 Å². The highest BCUT2D eigenvalue weighted by molar-refractivity contribution is 5.64. The van der Waals surface area contributed by atoms with Crippen molar-refractivity contribution >= 4 is 0 Å². The molecule has 0 aliphatic carbocycles. The van der Waals surface area contributed by atoms with Crippen LogP contribution in [-0.4, -0.2) is 27.9 Å². The van der Waals surface area contributed by atoms with E-state index in [0.717, 1.165) is 42.6 Å². The van der Waals surface area contributed by atoms with Gasteiger partial charge in [0.15, 0.2) is 5.82 Å². The maximum Gasteiger partial charge on any atom is 0.167 e. The first kappa shape index (κ1) is 11.2. The standard InChI is InChI=1S/C13H16N4O/c1-2-18-11-6-4-3-5-10(11)13-16-15-12-9-14-7-8-17(12)13/h3-6,14H,2,7-9H2,1H3. The Labute approximate surface area is 106 Å². The molecule has 1 aliphatic heterocycles. The van der Waals surface area contributed by atoms with E-state index in [4.69, 9.17) is 4.74 Å². The minimum absolute atomic E-state index is 0.652. The first-order valence-electron chi connectivity index (χ1n) is 6.25. The van der Waals surface area contributed by atoms with Crippen molar-refractivity contribution in [3.63, 3.8) is 0 Å². The van der Waals surface area contributed by atoms with Crippen LogP contribution in [0.2, 0.25) is 0 Å². The highest BCUT2D eigenvalue weighted by atomic mass is 16.5. The molecule has 5 nitrogen and oxygen atoms in total. The van der Waals surface area contributed by atoms with Gasteiger partial charge in [0, 0.05) is 13.1 Å². The monoisotopic (exact) mass is 244 g/mol. The topological polar surface area (TPSA) is 52.0 Å². The fourth-order valence-electron chi connectivity index (χ4n) is 2.22. The van der Waals surface area contributed by atoms with Crippen molar-refractivity contribution in [2.45, 2.75) is 20.0 Å². The van der Waals surface area contributed by atoms with Gasteiger partial charge in [0.2, 0.25) is 0 Å². The van der Waals surface area contributed by atoms with Gasteiger partial charge in [0.05, 0.1) is 18.7 Å². The van der Waals surface area contributed by atoms with Crippen molar-refractivity contribution in [2.75, 3.05) is 13.2 Å². The molecule has 1 aromatic carbocycles. The quantitative estimate of drug-likeness (QED) is 0.887. The molecular formula is C13H16N4O. The predicted octanol–water partition coefficient (Wildman–Crippen LogP) is 1.45. The van der Waals surface area contributed by atoms with Gasteiger partial charge < -0.3 is 14.6 Å². The third kappa shape index (κ3) is 1.86. The fraction of sp³-hybridized carbons (Fsp3) is 0.385.